The van der Waals surface area contributed by atoms with E-state index in [2.05, 4.69) is 10.3 Å². The molecule has 1 N–H and O–H groups in total. The van der Waals surface area contributed by atoms with Crippen LogP contribution in [0.1, 0.15) is 17.3 Å². The van der Waals surface area contributed by atoms with Gasteiger partial charge in [0.15, 0.2) is 0 Å². The zero-order valence-electron chi connectivity index (χ0n) is 10.7. The second kappa shape index (κ2) is 6.10. The molecule has 0 saturated carbocycles. The summed E-state index contributed by atoms with van der Waals surface area (Å²) in [5.74, 6) is -2.02. The summed E-state index contributed by atoms with van der Waals surface area (Å²) in [6.45, 7) is 2.16. The number of carbonyl (C=O) groups is 1. The summed E-state index contributed by atoms with van der Waals surface area (Å²) in [5, 5.41) is 2.51. The molecule has 1 aromatic carbocycles. The van der Waals surface area contributed by atoms with Gasteiger partial charge in [-0.05, 0) is 31.2 Å². The van der Waals surface area contributed by atoms with Crippen molar-refractivity contribution in [1.82, 2.24) is 4.98 Å². The zero-order chi connectivity index (χ0) is 14.5. The van der Waals surface area contributed by atoms with Crippen molar-refractivity contribution in [1.29, 1.82) is 0 Å². The SMILES string of the molecule is CCOc1ncccc1NC(=O)c1cc(F)cc(F)c1. The van der Waals surface area contributed by atoms with Gasteiger partial charge in [-0.15, -0.1) is 0 Å². The number of nitrogens with zero attached hydrogens (tertiary/aromatic N) is 1. The number of aromatic nitrogens is 1. The van der Waals surface area contributed by atoms with E-state index in [0.717, 1.165) is 12.1 Å². The first-order chi connectivity index (χ1) is 9.60. The Kier molecular flexibility index (Phi) is 4.24. The molecule has 4 nitrogen and oxygen atoms in total. The molecule has 1 aromatic heterocycles. The Morgan fingerprint density at radius 1 is 1.30 bits per heavy atom. The van der Waals surface area contributed by atoms with Crippen LogP contribution in [0.15, 0.2) is 36.5 Å². The lowest BCUT2D eigenvalue weighted by atomic mass is 10.2. The Morgan fingerprint density at radius 3 is 2.65 bits per heavy atom. The predicted octanol–water partition coefficient (Wildman–Crippen LogP) is 3.01. The molecule has 1 heterocycles. The van der Waals surface area contributed by atoms with Crippen LogP contribution in [0.25, 0.3) is 0 Å². The maximum Gasteiger partial charge on any atom is 0.256 e. The van der Waals surface area contributed by atoms with E-state index in [-0.39, 0.29) is 11.4 Å². The van der Waals surface area contributed by atoms with Crippen LogP contribution in [0.5, 0.6) is 5.88 Å². The fourth-order valence-corrected chi connectivity index (χ4v) is 1.62. The molecule has 2 aromatic rings. The van der Waals surface area contributed by atoms with Gasteiger partial charge < -0.3 is 10.1 Å². The Hall–Kier alpha value is -2.50. The first-order valence-electron chi connectivity index (χ1n) is 5.95. The molecule has 0 radical (unpaired) electrons. The number of nitrogens with one attached hydrogen (secondary N) is 1. The van der Waals surface area contributed by atoms with Crippen molar-refractivity contribution in [3.05, 3.63) is 53.7 Å². The third kappa shape index (κ3) is 3.28. The molecule has 0 bridgehead atoms. The van der Waals surface area contributed by atoms with E-state index in [9.17, 15) is 13.6 Å². The zero-order valence-corrected chi connectivity index (χ0v) is 10.7. The number of pyridine rings is 1. The molecule has 0 unspecified atom stereocenters. The van der Waals surface area contributed by atoms with Crippen LogP contribution in [-0.4, -0.2) is 17.5 Å². The second-order valence-electron chi connectivity index (χ2n) is 3.90. The average Bonchev–Trinajstić information content (AvgIpc) is 2.40. The molecule has 0 atom stereocenters. The van der Waals surface area contributed by atoms with Gasteiger partial charge in [-0.3, -0.25) is 4.79 Å². The van der Waals surface area contributed by atoms with Crippen LogP contribution in [-0.2, 0) is 0 Å². The monoisotopic (exact) mass is 278 g/mol. The summed E-state index contributed by atoms with van der Waals surface area (Å²) < 4.78 is 31.4. The van der Waals surface area contributed by atoms with Crippen molar-refractivity contribution >= 4 is 11.6 Å². The van der Waals surface area contributed by atoms with E-state index in [1.807, 2.05) is 0 Å². The third-order valence-electron chi connectivity index (χ3n) is 2.43. The largest absolute Gasteiger partial charge is 0.476 e. The van der Waals surface area contributed by atoms with Crippen LogP contribution >= 0.6 is 0 Å². The molecule has 0 aliphatic carbocycles. The molecule has 2 rings (SSSR count). The van der Waals surface area contributed by atoms with Gasteiger partial charge >= 0.3 is 0 Å². The Morgan fingerprint density at radius 2 is 2.00 bits per heavy atom. The topological polar surface area (TPSA) is 51.2 Å². The van der Waals surface area contributed by atoms with Crippen LogP contribution in [0, 0.1) is 11.6 Å². The summed E-state index contributed by atoms with van der Waals surface area (Å²) in [5.41, 5.74) is 0.220. The van der Waals surface area contributed by atoms with Gasteiger partial charge in [-0.25, -0.2) is 13.8 Å². The number of rotatable bonds is 4. The molecular weight excluding hydrogens is 266 g/mol. The fourth-order valence-electron chi connectivity index (χ4n) is 1.62. The highest BCUT2D eigenvalue weighted by Crippen LogP contribution is 2.21. The van der Waals surface area contributed by atoms with Gasteiger partial charge in [-0.1, -0.05) is 0 Å². The van der Waals surface area contributed by atoms with Crippen molar-refractivity contribution in [2.24, 2.45) is 0 Å². The van der Waals surface area contributed by atoms with E-state index in [1.165, 1.54) is 6.20 Å². The quantitative estimate of drug-likeness (QED) is 0.935. The number of benzene rings is 1. The Balaban J connectivity index is 2.23. The summed E-state index contributed by atoms with van der Waals surface area (Å²) in [7, 11) is 0. The molecule has 0 aliphatic rings. The van der Waals surface area contributed by atoms with Crippen molar-refractivity contribution in [3.8, 4) is 5.88 Å². The number of halogens is 2. The van der Waals surface area contributed by atoms with E-state index in [0.29, 0.717) is 18.4 Å². The number of amides is 1. The lowest BCUT2D eigenvalue weighted by Crippen LogP contribution is -2.14. The number of anilines is 1. The molecule has 0 fully saturated rings. The number of ether oxygens (including phenoxy) is 1. The normalized spacial score (nSPS) is 10.2. The molecule has 0 saturated heterocycles. The van der Waals surface area contributed by atoms with Crippen molar-refractivity contribution in [2.45, 2.75) is 6.92 Å². The number of hydrogen-bond acceptors (Lipinski definition) is 3. The average molecular weight is 278 g/mol. The lowest BCUT2D eigenvalue weighted by Gasteiger charge is -2.10. The van der Waals surface area contributed by atoms with E-state index in [1.54, 1.807) is 19.1 Å². The molecule has 104 valence electrons. The highest BCUT2D eigenvalue weighted by Gasteiger charge is 2.12. The molecule has 1 amide bonds. The molecule has 6 heteroatoms. The van der Waals surface area contributed by atoms with Gasteiger partial charge in [0.05, 0.1) is 6.61 Å². The molecular formula is C14H12F2N2O2. The molecule has 0 aliphatic heterocycles. The minimum Gasteiger partial charge on any atom is -0.476 e. The summed E-state index contributed by atoms with van der Waals surface area (Å²) in [6.07, 6.45) is 1.52. The van der Waals surface area contributed by atoms with Crippen LogP contribution in [0.2, 0.25) is 0 Å². The van der Waals surface area contributed by atoms with E-state index < -0.39 is 17.5 Å². The third-order valence-corrected chi connectivity index (χ3v) is 2.43. The van der Waals surface area contributed by atoms with Crippen molar-refractivity contribution < 1.29 is 18.3 Å². The number of carbonyl (C=O) groups excluding carboxylic acids is 1. The Bertz CT molecular complexity index is 612. The van der Waals surface area contributed by atoms with Crippen molar-refractivity contribution in [2.75, 3.05) is 11.9 Å². The maximum absolute atomic E-state index is 13.1. The second-order valence-corrected chi connectivity index (χ2v) is 3.90. The summed E-state index contributed by atoms with van der Waals surface area (Å²) >= 11 is 0. The minimum absolute atomic E-state index is 0.117. The van der Waals surface area contributed by atoms with Crippen LogP contribution < -0.4 is 10.1 Å². The highest BCUT2D eigenvalue weighted by atomic mass is 19.1. The van der Waals surface area contributed by atoms with Gasteiger partial charge in [0, 0.05) is 17.8 Å². The van der Waals surface area contributed by atoms with Gasteiger partial charge in [0.1, 0.15) is 17.3 Å². The Labute approximate surface area is 114 Å². The molecule has 0 spiro atoms. The van der Waals surface area contributed by atoms with Crippen molar-refractivity contribution in [3.63, 3.8) is 0 Å². The molecule has 20 heavy (non-hydrogen) atoms. The maximum atomic E-state index is 13.1. The first-order valence-corrected chi connectivity index (χ1v) is 5.95. The smallest absolute Gasteiger partial charge is 0.256 e. The van der Waals surface area contributed by atoms with Crippen LogP contribution in [0.4, 0.5) is 14.5 Å². The predicted molar refractivity (Wildman–Crippen MR) is 69.7 cm³/mol. The van der Waals surface area contributed by atoms with Crippen LogP contribution in [0.3, 0.4) is 0 Å². The van der Waals surface area contributed by atoms with Gasteiger partial charge in [0.25, 0.3) is 5.91 Å². The standard InChI is InChI=1S/C14H12F2N2O2/c1-2-20-14-12(4-3-5-17-14)18-13(19)9-6-10(15)8-11(16)7-9/h3-8H,2H2,1H3,(H,18,19). The first kappa shape index (κ1) is 13.9. The van der Waals surface area contributed by atoms with E-state index >= 15 is 0 Å². The minimum atomic E-state index is -0.814. The van der Waals surface area contributed by atoms with Gasteiger partial charge in [0.2, 0.25) is 5.88 Å². The van der Waals surface area contributed by atoms with Gasteiger partial charge in [-0.2, -0.15) is 0 Å². The fraction of sp³-hybridized carbons (Fsp3) is 0.143. The highest BCUT2D eigenvalue weighted by molar-refractivity contribution is 6.04. The summed E-state index contributed by atoms with van der Waals surface area (Å²) in [4.78, 5) is 15.9. The lowest BCUT2D eigenvalue weighted by molar-refractivity contribution is 0.102. The number of hydrogen-bond donors (Lipinski definition) is 1. The summed E-state index contributed by atoms with van der Waals surface area (Å²) in [6, 6.07) is 5.81. The van der Waals surface area contributed by atoms with E-state index in [4.69, 9.17) is 4.74 Å².